The predicted octanol–water partition coefficient (Wildman–Crippen LogP) is 1.87. The van der Waals surface area contributed by atoms with Gasteiger partial charge in [-0.1, -0.05) is 29.8 Å². The van der Waals surface area contributed by atoms with Gasteiger partial charge in [-0.25, -0.2) is 0 Å². The van der Waals surface area contributed by atoms with Crippen LogP contribution in [-0.4, -0.2) is 53.5 Å². The maximum atomic E-state index is 12.8. The lowest BCUT2D eigenvalue weighted by molar-refractivity contribution is -0.136. The molecular formula is C17H21ClN2O3. The van der Waals surface area contributed by atoms with Crippen LogP contribution in [0.3, 0.4) is 0 Å². The van der Waals surface area contributed by atoms with Crippen molar-refractivity contribution in [2.75, 3.05) is 26.7 Å². The zero-order valence-electron chi connectivity index (χ0n) is 13.1. The van der Waals surface area contributed by atoms with Crippen LogP contribution in [0, 0.1) is 5.92 Å². The molecule has 0 radical (unpaired) electrons. The van der Waals surface area contributed by atoms with Crippen LogP contribution < -0.4 is 0 Å². The van der Waals surface area contributed by atoms with E-state index in [9.17, 15) is 9.59 Å². The second-order valence-electron chi connectivity index (χ2n) is 5.61. The summed E-state index contributed by atoms with van der Waals surface area (Å²) in [6.07, 6.45) is 1.77. The van der Waals surface area contributed by atoms with Gasteiger partial charge in [-0.2, -0.15) is 0 Å². The Bertz CT molecular complexity index is 605. The van der Waals surface area contributed by atoms with E-state index < -0.39 is 5.92 Å². The van der Waals surface area contributed by atoms with Gasteiger partial charge >= 0.3 is 0 Å². The van der Waals surface area contributed by atoms with Gasteiger partial charge in [0.15, 0.2) is 0 Å². The average molecular weight is 337 g/mol. The number of benzene rings is 1. The Morgan fingerprint density at radius 1 is 1.57 bits per heavy atom. The number of amides is 2. The van der Waals surface area contributed by atoms with Crippen LogP contribution in [-0.2, 0) is 9.59 Å². The molecular weight excluding hydrogens is 316 g/mol. The number of likely N-dealkylation sites (tertiary alicyclic amines) is 1. The highest BCUT2D eigenvalue weighted by Gasteiger charge is 2.44. The van der Waals surface area contributed by atoms with Gasteiger partial charge in [0.1, 0.15) is 0 Å². The zero-order chi connectivity index (χ0) is 17.0. The number of nitrogens with zero attached hydrogens (tertiary/aromatic N) is 2. The van der Waals surface area contributed by atoms with Crippen molar-refractivity contribution in [3.8, 4) is 0 Å². The van der Waals surface area contributed by atoms with Crippen LogP contribution in [0.15, 0.2) is 36.9 Å². The van der Waals surface area contributed by atoms with Gasteiger partial charge in [0.2, 0.25) is 11.8 Å². The van der Waals surface area contributed by atoms with Crippen molar-refractivity contribution in [1.82, 2.24) is 9.80 Å². The zero-order valence-corrected chi connectivity index (χ0v) is 13.9. The molecule has 5 nitrogen and oxygen atoms in total. The Morgan fingerprint density at radius 3 is 2.91 bits per heavy atom. The maximum absolute atomic E-state index is 12.8. The first-order valence-electron chi connectivity index (χ1n) is 7.51. The summed E-state index contributed by atoms with van der Waals surface area (Å²) in [5.74, 6) is -0.713. The number of aliphatic hydroxyl groups is 1. The molecule has 1 saturated heterocycles. The number of carbonyl (C=O) groups is 2. The summed E-state index contributed by atoms with van der Waals surface area (Å²) in [7, 11) is 1.70. The van der Waals surface area contributed by atoms with Crippen LogP contribution in [0.5, 0.6) is 0 Å². The molecule has 2 rings (SSSR count). The molecule has 23 heavy (non-hydrogen) atoms. The molecule has 0 aromatic heterocycles. The normalized spacial score (nSPS) is 20.7. The van der Waals surface area contributed by atoms with Crippen molar-refractivity contribution in [3.05, 3.63) is 47.5 Å². The van der Waals surface area contributed by atoms with Gasteiger partial charge in [-0.3, -0.25) is 9.59 Å². The van der Waals surface area contributed by atoms with E-state index in [1.807, 2.05) is 12.1 Å². The van der Waals surface area contributed by atoms with Crippen molar-refractivity contribution >= 4 is 23.4 Å². The summed E-state index contributed by atoms with van der Waals surface area (Å²) in [6, 6.07) is 6.88. The largest absolute Gasteiger partial charge is 0.395 e. The Kier molecular flexibility index (Phi) is 5.80. The quantitative estimate of drug-likeness (QED) is 0.807. The fraction of sp³-hybridized carbons (Fsp3) is 0.412. The molecule has 1 aromatic rings. The molecule has 0 saturated carbocycles. The number of carbonyl (C=O) groups excluding carboxylic acids is 2. The Balaban J connectivity index is 2.32. The smallest absolute Gasteiger partial charge is 0.229 e. The summed E-state index contributed by atoms with van der Waals surface area (Å²) in [5, 5.41) is 9.72. The van der Waals surface area contributed by atoms with Gasteiger partial charge in [0.05, 0.1) is 18.6 Å². The summed E-state index contributed by atoms with van der Waals surface area (Å²) in [6.45, 7) is 4.08. The summed E-state index contributed by atoms with van der Waals surface area (Å²) in [5.41, 5.74) is 0.840. The average Bonchev–Trinajstić information content (AvgIpc) is 2.82. The van der Waals surface area contributed by atoms with E-state index >= 15 is 0 Å². The van der Waals surface area contributed by atoms with E-state index in [0.29, 0.717) is 11.6 Å². The molecule has 124 valence electrons. The van der Waals surface area contributed by atoms with Crippen molar-refractivity contribution in [2.45, 2.75) is 12.5 Å². The molecule has 1 N–H and O–H groups in total. The molecule has 0 bridgehead atoms. The summed E-state index contributed by atoms with van der Waals surface area (Å²) >= 11 is 6.05. The number of hydrogen-bond acceptors (Lipinski definition) is 3. The van der Waals surface area contributed by atoms with Gasteiger partial charge in [-0.05, 0) is 17.7 Å². The second kappa shape index (κ2) is 7.62. The summed E-state index contributed by atoms with van der Waals surface area (Å²) in [4.78, 5) is 28.1. The third-order valence-corrected chi connectivity index (χ3v) is 4.36. The minimum atomic E-state index is -0.488. The van der Waals surface area contributed by atoms with Crippen LogP contribution in [0.4, 0.5) is 0 Å². The Morgan fingerprint density at radius 2 is 2.30 bits per heavy atom. The van der Waals surface area contributed by atoms with Crippen LogP contribution in [0.1, 0.15) is 18.0 Å². The minimum Gasteiger partial charge on any atom is -0.395 e. The van der Waals surface area contributed by atoms with Gasteiger partial charge in [0, 0.05) is 31.6 Å². The molecule has 2 unspecified atom stereocenters. The van der Waals surface area contributed by atoms with E-state index in [4.69, 9.17) is 16.7 Å². The number of halogens is 1. The predicted molar refractivity (Wildman–Crippen MR) is 88.9 cm³/mol. The highest BCUT2D eigenvalue weighted by atomic mass is 35.5. The first kappa shape index (κ1) is 17.5. The lowest BCUT2D eigenvalue weighted by Gasteiger charge is -2.29. The van der Waals surface area contributed by atoms with Crippen LogP contribution in [0.2, 0.25) is 5.02 Å². The SMILES string of the molecule is C=CCN(CCO)C(=O)C1CC(=O)N(C)C1c1cccc(Cl)c1. The van der Waals surface area contributed by atoms with Crippen LogP contribution in [0.25, 0.3) is 0 Å². The van der Waals surface area contributed by atoms with Gasteiger partial charge in [-0.15, -0.1) is 6.58 Å². The third-order valence-electron chi connectivity index (χ3n) is 4.12. The molecule has 1 aliphatic heterocycles. The third kappa shape index (κ3) is 3.74. The first-order chi connectivity index (χ1) is 11.0. The minimum absolute atomic E-state index is 0.0733. The molecule has 1 heterocycles. The van der Waals surface area contributed by atoms with Gasteiger partial charge < -0.3 is 14.9 Å². The monoisotopic (exact) mass is 336 g/mol. The highest BCUT2D eigenvalue weighted by Crippen LogP contribution is 2.38. The maximum Gasteiger partial charge on any atom is 0.229 e. The number of aliphatic hydroxyl groups excluding tert-OH is 1. The topological polar surface area (TPSA) is 60.9 Å². The molecule has 2 amide bonds. The molecule has 1 aliphatic rings. The van der Waals surface area contributed by atoms with E-state index in [0.717, 1.165) is 5.56 Å². The van der Waals surface area contributed by atoms with Crippen LogP contribution >= 0.6 is 11.6 Å². The fourth-order valence-electron chi connectivity index (χ4n) is 3.04. The summed E-state index contributed by atoms with van der Waals surface area (Å²) < 4.78 is 0. The highest BCUT2D eigenvalue weighted by molar-refractivity contribution is 6.30. The Hall–Kier alpha value is -1.85. The molecule has 1 aromatic carbocycles. The molecule has 0 aliphatic carbocycles. The number of rotatable bonds is 6. The van der Waals surface area contributed by atoms with E-state index in [1.165, 1.54) is 4.90 Å². The first-order valence-corrected chi connectivity index (χ1v) is 7.89. The molecule has 6 heteroatoms. The molecule has 0 spiro atoms. The van der Waals surface area contributed by atoms with Gasteiger partial charge in [0.25, 0.3) is 0 Å². The molecule has 1 fully saturated rings. The van der Waals surface area contributed by atoms with Crippen molar-refractivity contribution in [1.29, 1.82) is 0 Å². The molecule has 2 atom stereocenters. The van der Waals surface area contributed by atoms with Crippen molar-refractivity contribution in [2.24, 2.45) is 5.92 Å². The fourth-order valence-corrected chi connectivity index (χ4v) is 3.24. The van der Waals surface area contributed by atoms with E-state index in [-0.39, 0.29) is 37.4 Å². The Labute approximate surface area is 141 Å². The van der Waals surface area contributed by atoms with E-state index in [2.05, 4.69) is 6.58 Å². The van der Waals surface area contributed by atoms with Crippen molar-refractivity contribution in [3.63, 3.8) is 0 Å². The van der Waals surface area contributed by atoms with E-state index in [1.54, 1.807) is 30.2 Å². The van der Waals surface area contributed by atoms with Crippen molar-refractivity contribution < 1.29 is 14.7 Å². The lowest BCUT2D eigenvalue weighted by atomic mass is 9.92. The second-order valence-corrected chi connectivity index (χ2v) is 6.05. The number of hydrogen-bond donors (Lipinski definition) is 1. The standard InChI is InChI=1S/C17H21ClN2O3/c1-3-7-20(8-9-21)17(23)14-11-15(22)19(2)16(14)12-5-4-6-13(18)10-12/h3-6,10,14,16,21H,1,7-9,11H2,2H3. The lowest BCUT2D eigenvalue weighted by Crippen LogP contribution is -2.40.